The van der Waals surface area contributed by atoms with E-state index in [9.17, 15) is 9.90 Å². The van der Waals surface area contributed by atoms with Crippen LogP contribution in [0.3, 0.4) is 0 Å². The molecule has 7 heteroatoms. The Morgan fingerprint density at radius 1 is 1.00 bits per heavy atom. The predicted octanol–water partition coefficient (Wildman–Crippen LogP) is 4.64. The molecule has 162 valence electrons. The number of carbonyl (C=O) groups is 1. The molecule has 2 aliphatic heterocycles. The third-order valence-electron chi connectivity index (χ3n) is 5.86. The summed E-state index contributed by atoms with van der Waals surface area (Å²) in [6, 6.07) is 21.1. The minimum Gasteiger partial charge on any atom is -0.493 e. The van der Waals surface area contributed by atoms with E-state index in [4.69, 9.17) is 19.3 Å². The number of nitrogens with zero attached hydrogens (tertiary/aromatic N) is 2. The Labute approximate surface area is 185 Å². The molecule has 7 nitrogen and oxygen atoms in total. The van der Waals surface area contributed by atoms with Crippen LogP contribution >= 0.6 is 0 Å². The van der Waals surface area contributed by atoms with Gasteiger partial charge in [0.05, 0.1) is 26.0 Å². The monoisotopic (exact) mass is 430 g/mol. The van der Waals surface area contributed by atoms with Gasteiger partial charge < -0.3 is 19.3 Å². The summed E-state index contributed by atoms with van der Waals surface area (Å²) in [5.74, 6) is 0.0925. The lowest BCUT2D eigenvalue weighted by atomic mass is 9.95. The number of methoxy groups -OCH3 is 2. The highest BCUT2D eigenvalue weighted by molar-refractivity contribution is 6.02. The van der Waals surface area contributed by atoms with Crippen LogP contribution in [-0.4, -0.2) is 36.0 Å². The summed E-state index contributed by atoms with van der Waals surface area (Å²) in [7, 11) is 2.90. The molecule has 2 atom stereocenters. The SMILES string of the molecule is COc1ccc([C@H]2Oc3ccccc3[C@H]3CC(c4ccccc4)=NN32)c(C(=O)O)c1OC. The van der Waals surface area contributed by atoms with Crippen LogP contribution in [0.2, 0.25) is 0 Å². The smallest absolute Gasteiger partial charge is 0.340 e. The van der Waals surface area contributed by atoms with Crippen molar-refractivity contribution in [3.05, 3.63) is 89.0 Å². The number of benzene rings is 3. The fourth-order valence-corrected chi connectivity index (χ4v) is 4.41. The Bertz CT molecular complexity index is 1210. The first-order valence-corrected chi connectivity index (χ1v) is 10.3. The Kier molecular flexibility index (Phi) is 4.93. The van der Waals surface area contributed by atoms with Gasteiger partial charge in [-0.15, -0.1) is 0 Å². The summed E-state index contributed by atoms with van der Waals surface area (Å²) in [6.07, 6.45) is -0.0432. The molecule has 0 fully saturated rings. The zero-order valence-corrected chi connectivity index (χ0v) is 17.7. The number of carboxylic acid groups (broad SMARTS) is 1. The van der Waals surface area contributed by atoms with Gasteiger partial charge in [0.1, 0.15) is 11.3 Å². The van der Waals surface area contributed by atoms with E-state index in [2.05, 4.69) is 0 Å². The van der Waals surface area contributed by atoms with Gasteiger partial charge in [-0.2, -0.15) is 5.10 Å². The average Bonchev–Trinajstić information content (AvgIpc) is 3.29. The van der Waals surface area contributed by atoms with E-state index in [1.807, 2.05) is 59.6 Å². The number of hydrazone groups is 1. The third kappa shape index (κ3) is 3.13. The van der Waals surface area contributed by atoms with Gasteiger partial charge in [-0.1, -0.05) is 48.5 Å². The molecule has 0 saturated heterocycles. The minimum atomic E-state index is -1.12. The van der Waals surface area contributed by atoms with Gasteiger partial charge in [0.25, 0.3) is 0 Å². The fraction of sp³-hybridized carbons (Fsp3) is 0.200. The van der Waals surface area contributed by atoms with E-state index in [-0.39, 0.29) is 17.4 Å². The van der Waals surface area contributed by atoms with Gasteiger partial charge in [-0.05, 0) is 23.8 Å². The van der Waals surface area contributed by atoms with Crippen molar-refractivity contribution in [3.8, 4) is 17.2 Å². The van der Waals surface area contributed by atoms with Crippen LogP contribution in [-0.2, 0) is 0 Å². The molecule has 1 N–H and O–H groups in total. The van der Waals surface area contributed by atoms with Crippen LogP contribution < -0.4 is 14.2 Å². The van der Waals surface area contributed by atoms with Crippen molar-refractivity contribution in [1.82, 2.24) is 5.01 Å². The maximum absolute atomic E-state index is 12.3. The quantitative estimate of drug-likeness (QED) is 0.635. The second-order valence-corrected chi connectivity index (χ2v) is 7.59. The number of hydrogen-bond donors (Lipinski definition) is 1. The molecule has 0 spiro atoms. The van der Waals surface area contributed by atoms with Crippen LogP contribution in [0.4, 0.5) is 0 Å². The normalized spacial score (nSPS) is 18.8. The average molecular weight is 430 g/mol. The van der Waals surface area contributed by atoms with Crippen molar-refractivity contribution < 1.29 is 24.1 Å². The van der Waals surface area contributed by atoms with Crippen LogP contribution in [0.5, 0.6) is 17.2 Å². The second kappa shape index (κ2) is 7.92. The first-order chi connectivity index (χ1) is 15.6. The Morgan fingerprint density at radius 2 is 1.75 bits per heavy atom. The Balaban J connectivity index is 1.67. The van der Waals surface area contributed by atoms with E-state index in [0.29, 0.717) is 17.7 Å². The molecule has 3 aromatic rings. The zero-order chi connectivity index (χ0) is 22.2. The molecule has 32 heavy (non-hydrogen) atoms. The zero-order valence-electron chi connectivity index (χ0n) is 17.7. The molecule has 3 aromatic carbocycles. The van der Waals surface area contributed by atoms with Gasteiger partial charge in [0.2, 0.25) is 6.23 Å². The number of ether oxygens (including phenoxy) is 3. The van der Waals surface area contributed by atoms with Crippen LogP contribution in [0, 0.1) is 0 Å². The van der Waals surface area contributed by atoms with E-state index < -0.39 is 12.2 Å². The second-order valence-electron chi connectivity index (χ2n) is 7.59. The summed E-state index contributed by atoms with van der Waals surface area (Å²) in [4.78, 5) is 12.3. The lowest BCUT2D eigenvalue weighted by molar-refractivity contribution is -0.0199. The first-order valence-electron chi connectivity index (χ1n) is 10.3. The van der Waals surface area contributed by atoms with Crippen LogP contribution in [0.25, 0.3) is 0 Å². The number of rotatable bonds is 5. The van der Waals surface area contributed by atoms with Crippen molar-refractivity contribution in [1.29, 1.82) is 0 Å². The fourth-order valence-electron chi connectivity index (χ4n) is 4.41. The maximum Gasteiger partial charge on any atom is 0.340 e. The van der Waals surface area contributed by atoms with E-state index in [0.717, 1.165) is 22.6 Å². The van der Waals surface area contributed by atoms with E-state index >= 15 is 0 Å². The van der Waals surface area contributed by atoms with Gasteiger partial charge in [0, 0.05) is 17.5 Å². The van der Waals surface area contributed by atoms with Crippen LogP contribution in [0.1, 0.15) is 45.7 Å². The van der Waals surface area contributed by atoms with Gasteiger partial charge in [-0.3, -0.25) is 0 Å². The molecule has 0 amide bonds. The highest BCUT2D eigenvalue weighted by Gasteiger charge is 2.43. The Hall–Kier alpha value is -4.00. The molecule has 2 heterocycles. The molecule has 2 aliphatic rings. The molecule has 0 unspecified atom stereocenters. The van der Waals surface area contributed by atoms with Gasteiger partial charge >= 0.3 is 5.97 Å². The number of hydrogen-bond acceptors (Lipinski definition) is 6. The maximum atomic E-state index is 12.3. The van der Waals surface area contributed by atoms with Crippen molar-refractivity contribution in [3.63, 3.8) is 0 Å². The lowest BCUT2D eigenvalue weighted by Crippen LogP contribution is -2.34. The number of carboxylic acids is 1. The van der Waals surface area contributed by atoms with E-state index in [1.165, 1.54) is 14.2 Å². The lowest BCUT2D eigenvalue weighted by Gasteiger charge is -2.38. The molecule has 5 rings (SSSR count). The van der Waals surface area contributed by atoms with Crippen molar-refractivity contribution >= 4 is 11.7 Å². The summed E-state index contributed by atoms with van der Waals surface area (Å²) in [5.41, 5.74) is 3.43. The molecular formula is C25H22N2O5. The van der Waals surface area contributed by atoms with Crippen molar-refractivity contribution in [2.24, 2.45) is 5.10 Å². The number of para-hydroxylation sites is 1. The summed E-state index contributed by atoms with van der Waals surface area (Å²) in [6.45, 7) is 0. The largest absolute Gasteiger partial charge is 0.493 e. The van der Waals surface area contributed by atoms with E-state index in [1.54, 1.807) is 12.1 Å². The molecular weight excluding hydrogens is 408 g/mol. The number of fused-ring (bicyclic) bond motifs is 3. The summed E-state index contributed by atoms with van der Waals surface area (Å²) in [5, 5.41) is 16.8. The molecule has 0 radical (unpaired) electrons. The number of aromatic carboxylic acids is 1. The molecule has 0 saturated carbocycles. The highest BCUT2D eigenvalue weighted by Crippen LogP contribution is 2.49. The predicted molar refractivity (Wildman–Crippen MR) is 118 cm³/mol. The Morgan fingerprint density at radius 3 is 2.47 bits per heavy atom. The standard InChI is InChI=1S/C25H22N2O5/c1-30-21-13-12-17(22(25(28)29)23(21)31-2)24-27-19(16-10-6-7-11-20(16)32-24)14-18(26-27)15-8-4-3-5-9-15/h3-13,19,24H,14H2,1-2H3,(H,28,29)/t19-,24-/m1/s1. The first kappa shape index (κ1) is 19.9. The highest BCUT2D eigenvalue weighted by atomic mass is 16.5. The van der Waals surface area contributed by atoms with Gasteiger partial charge in [-0.25, -0.2) is 9.80 Å². The minimum absolute atomic E-state index is 0.00153. The topological polar surface area (TPSA) is 80.6 Å². The summed E-state index contributed by atoms with van der Waals surface area (Å²) >= 11 is 0. The third-order valence-corrected chi connectivity index (χ3v) is 5.86. The molecule has 0 aliphatic carbocycles. The van der Waals surface area contributed by atoms with Crippen molar-refractivity contribution in [2.45, 2.75) is 18.7 Å². The molecule has 0 bridgehead atoms. The van der Waals surface area contributed by atoms with Crippen LogP contribution in [0.15, 0.2) is 71.8 Å². The van der Waals surface area contributed by atoms with Crippen molar-refractivity contribution in [2.75, 3.05) is 14.2 Å². The van der Waals surface area contributed by atoms with Gasteiger partial charge in [0.15, 0.2) is 11.5 Å². The molecule has 0 aromatic heterocycles. The summed E-state index contributed by atoms with van der Waals surface area (Å²) < 4.78 is 17.1.